The van der Waals surface area contributed by atoms with E-state index < -0.39 is 0 Å². The van der Waals surface area contributed by atoms with Crippen LogP contribution in [0.15, 0.2) is 24.3 Å². The Balaban J connectivity index is 1.65. The fourth-order valence-corrected chi connectivity index (χ4v) is 2.79. The van der Waals surface area contributed by atoms with Gasteiger partial charge in [0.05, 0.1) is 13.2 Å². The molecule has 1 aromatic rings. The number of carbonyl (C=O) groups excluding carboxylic acids is 2. The number of nitrogens with zero attached hydrogens (tertiary/aromatic N) is 2. The average Bonchev–Trinajstić information content (AvgIpc) is 2.57. The lowest BCUT2D eigenvalue weighted by atomic mass is 10.1. The Labute approximate surface area is 143 Å². The molecule has 0 aromatic heterocycles. The predicted octanol–water partition coefficient (Wildman–Crippen LogP) is 1.43. The van der Waals surface area contributed by atoms with Crippen LogP contribution in [0.5, 0.6) is 0 Å². The summed E-state index contributed by atoms with van der Waals surface area (Å²) in [6, 6.07) is 8.22. The molecule has 132 valence electrons. The summed E-state index contributed by atoms with van der Waals surface area (Å²) in [5, 5.41) is 2.97. The highest BCUT2D eigenvalue weighted by molar-refractivity contribution is 5.78. The summed E-state index contributed by atoms with van der Waals surface area (Å²) in [6.45, 7) is 7.91. The van der Waals surface area contributed by atoms with Gasteiger partial charge in [0, 0.05) is 32.7 Å². The highest BCUT2D eigenvalue weighted by atomic mass is 16.6. The lowest BCUT2D eigenvalue weighted by Gasteiger charge is -2.33. The molecule has 0 spiro atoms. The largest absolute Gasteiger partial charge is 0.450 e. The topological polar surface area (TPSA) is 61.9 Å². The molecule has 0 atom stereocenters. The van der Waals surface area contributed by atoms with Gasteiger partial charge in [-0.15, -0.1) is 0 Å². The van der Waals surface area contributed by atoms with Crippen LogP contribution < -0.4 is 5.32 Å². The molecule has 6 heteroatoms. The molecule has 0 aliphatic carbocycles. The van der Waals surface area contributed by atoms with Crippen molar-refractivity contribution in [3.05, 3.63) is 35.4 Å². The van der Waals surface area contributed by atoms with Gasteiger partial charge in [0.25, 0.3) is 0 Å². The van der Waals surface area contributed by atoms with E-state index in [0.717, 1.165) is 6.42 Å². The van der Waals surface area contributed by atoms with Crippen LogP contribution >= 0.6 is 0 Å². The number of amides is 2. The third-order valence-corrected chi connectivity index (χ3v) is 4.24. The number of nitrogens with one attached hydrogen (secondary N) is 1. The van der Waals surface area contributed by atoms with Crippen molar-refractivity contribution in [2.45, 2.75) is 20.3 Å². The monoisotopic (exact) mass is 333 g/mol. The van der Waals surface area contributed by atoms with E-state index in [-0.39, 0.29) is 12.0 Å². The molecule has 0 radical (unpaired) electrons. The molecule has 6 nitrogen and oxygen atoms in total. The number of benzene rings is 1. The first-order valence-corrected chi connectivity index (χ1v) is 8.55. The minimum Gasteiger partial charge on any atom is -0.450 e. The number of ether oxygens (including phenoxy) is 1. The Morgan fingerprint density at radius 2 is 1.88 bits per heavy atom. The number of hydrogen-bond acceptors (Lipinski definition) is 4. The van der Waals surface area contributed by atoms with Crippen LogP contribution in [0.2, 0.25) is 0 Å². The molecule has 0 saturated carbocycles. The third kappa shape index (κ3) is 5.53. The second kappa shape index (κ2) is 9.27. The lowest BCUT2D eigenvalue weighted by molar-refractivity contribution is -0.122. The van der Waals surface area contributed by atoms with Gasteiger partial charge >= 0.3 is 6.09 Å². The van der Waals surface area contributed by atoms with Crippen LogP contribution in [0.4, 0.5) is 4.79 Å². The fourth-order valence-electron chi connectivity index (χ4n) is 2.79. The number of hydrogen-bond donors (Lipinski definition) is 1. The lowest BCUT2D eigenvalue weighted by Crippen LogP contribution is -2.51. The summed E-state index contributed by atoms with van der Waals surface area (Å²) >= 11 is 0. The summed E-state index contributed by atoms with van der Waals surface area (Å²) in [7, 11) is 0. The molecule has 1 aromatic carbocycles. The van der Waals surface area contributed by atoms with Crippen LogP contribution in [0.1, 0.15) is 18.1 Å². The molecule has 1 aliphatic rings. The Morgan fingerprint density at radius 3 is 2.54 bits per heavy atom. The fraction of sp³-hybridized carbons (Fsp3) is 0.556. The van der Waals surface area contributed by atoms with E-state index in [4.69, 9.17) is 4.74 Å². The van der Waals surface area contributed by atoms with Gasteiger partial charge in [-0.25, -0.2) is 4.79 Å². The predicted molar refractivity (Wildman–Crippen MR) is 92.9 cm³/mol. The van der Waals surface area contributed by atoms with Crippen LogP contribution in [0.25, 0.3) is 0 Å². The Bertz CT molecular complexity index is 554. The van der Waals surface area contributed by atoms with Gasteiger partial charge in [-0.1, -0.05) is 24.3 Å². The SMILES string of the molecule is CCOC(=O)N1CCN(CC(=O)NCCc2ccccc2C)CC1. The van der Waals surface area contributed by atoms with Crippen LogP contribution in [0.3, 0.4) is 0 Å². The van der Waals surface area contributed by atoms with Gasteiger partial charge < -0.3 is 15.0 Å². The maximum absolute atomic E-state index is 12.0. The van der Waals surface area contributed by atoms with Gasteiger partial charge in [0.2, 0.25) is 5.91 Å². The van der Waals surface area contributed by atoms with Crippen LogP contribution in [-0.4, -0.2) is 67.7 Å². The van der Waals surface area contributed by atoms with E-state index in [1.54, 1.807) is 11.8 Å². The van der Waals surface area contributed by atoms with Gasteiger partial charge in [0.1, 0.15) is 0 Å². The molecule has 24 heavy (non-hydrogen) atoms. The van der Waals surface area contributed by atoms with Crippen LogP contribution in [-0.2, 0) is 16.0 Å². The Hall–Kier alpha value is -2.08. The molecule has 2 rings (SSSR count). The maximum Gasteiger partial charge on any atom is 0.409 e. The summed E-state index contributed by atoms with van der Waals surface area (Å²) in [5.41, 5.74) is 2.52. The second-order valence-corrected chi connectivity index (χ2v) is 5.99. The van der Waals surface area contributed by atoms with Gasteiger partial charge in [-0.05, 0) is 31.4 Å². The van der Waals surface area contributed by atoms with Crippen molar-refractivity contribution in [2.75, 3.05) is 45.9 Å². The molecule has 1 saturated heterocycles. The molecule has 0 bridgehead atoms. The zero-order valence-corrected chi connectivity index (χ0v) is 14.6. The van der Waals surface area contributed by atoms with Crippen molar-refractivity contribution >= 4 is 12.0 Å². The van der Waals surface area contributed by atoms with Crippen molar-refractivity contribution < 1.29 is 14.3 Å². The zero-order chi connectivity index (χ0) is 17.4. The van der Waals surface area contributed by atoms with Gasteiger partial charge in [-0.2, -0.15) is 0 Å². The molecular weight excluding hydrogens is 306 g/mol. The number of rotatable bonds is 6. The molecule has 1 fully saturated rings. The van der Waals surface area contributed by atoms with Crippen molar-refractivity contribution in [3.8, 4) is 0 Å². The van der Waals surface area contributed by atoms with E-state index in [1.165, 1.54) is 11.1 Å². The second-order valence-electron chi connectivity index (χ2n) is 5.99. The maximum atomic E-state index is 12.0. The molecule has 1 N–H and O–H groups in total. The highest BCUT2D eigenvalue weighted by Crippen LogP contribution is 2.07. The molecule has 1 aliphatic heterocycles. The van der Waals surface area contributed by atoms with Crippen molar-refractivity contribution in [1.29, 1.82) is 0 Å². The van der Waals surface area contributed by atoms with E-state index in [0.29, 0.717) is 45.9 Å². The summed E-state index contributed by atoms with van der Waals surface area (Å²) in [5.74, 6) is 0.0353. The third-order valence-electron chi connectivity index (χ3n) is 4.24. The normalized spacial score (nSPS) is 15.2. The van der Waals surface area contributed by atoms with Crippen molar-refractivity contribution in [3.63, 3.8) is 0 Å². The number of piperazine rings is 1. The first-order valence-electron chi connectivity index (χ1n) is 8.55. The Morgan fingerprint density at radius 1 is 1.17 bits per heavy atom. The molecule has 0 unspecified atom stereocenters. The summed E-state index contributed by atoms with van der Waals surface area (Å²) in [4.78, 5) is 27.4. The zero-order valence-electron chi connectivity index (χ0n) is 14.6. The first kappa shape index (κ1) is 18.3. The van der Waals surface area contributed by atoms with Crippen molar-refractivity contribution in [2.24, 2.45) is 0 Å². The minimum atomic E-state index is -0.264. The average molecular weight is 333 g/mol. The highest BCUT2D eigenvalue weighted by Gasteiger charge is 2.22. The van der Waals surface area contributed by atoms with E-state index in [9.17, 15) is 9.59 Å². The van der Waals surface area contributed by atoms with E-state index in [1.807, 2.05) is 12.1 Å². The quantitative estimate of drug-likeness (QED) is 0.855. The first-order chi connectivity index (χ1) is 11.6. The van der Waals surface area contributed by atoms with E-state index in [2.05, 4.69) is 29.3 Å². The number of carbonyl (C=O) groups is 2. The Kier molecular flexibility index (Phi) is 7.06. The molecular formula is C18H27N3O3. The minimum absolute atomic E-state index is 0.0353. The standard InChI is InChI=1S/C18H27N3O3/c1-3-24-18(23)21-12-10-20(11-13-21)14-17(22)19-9-8-16-7-5-4-6-15(16)2/h4-7H,3,8-14H2,1-2H3,(H,19,22). The van der Waals surface area contributed by atoms with Crippen LogP contribution in [0, 0.1) is 6.92 Å². The van der Waals surface area contributed by atoms with Gasteiger partial charge in [-0.3, -0.25) is 9.69 Å². The summed E-state index contributed by atoms with van der Waals surface area (Å²) < 4.78 is 4.99. The van der Waals surface area contributed by atoms with Crippen molar-refractivity contribution in [1.82, 2.24) is 15.1 Å². The molecule has 1 heterocycles. The number of aryl methyl sites for hydroxylation is 1. The molecule has 2 amide bonds. The van der Waals surface area contributed by atoms with Gasteiger partial charge in [0.15, 0.2) is 0 Å². The van der Waals surface area contributed by atoms with E-state index >= 15 is 0 Å². The smallest absolute Gasteiger partial charge is 0.409 e. The summed E-state index contributed by atoms with van der Waals surface area (Å²) in [6.07, 6.45) is 0.578.